The summed E-state index contributed by atoms with van der Waals surface area (Å²) in [4.78, 5) is 25.9. The maximum Gasteiger partial charge on any atom is 0.361 e. The first-order valence-corrected chi connectivity index (χ1v) is 9.00. The highest BCUT2D eigenvalue weighted by atomic mass is 16.5. The van der Waals surface area contributed by atoms with Crippen LogP contribution in [0.4, 0.5) is 5.69 Å². The molecule has 8 heteroatoms. The molecule has 0 fully saturated rings. The summed E-state index contributed by atoms with van der Waals surface area (Å²) < 4.78 is 10.3. The molecule has 0 aliphatic carbocycles. The van der Waals surface area contributed by atoms with Crippen molar-refractivity contribution in [2.75, 3.05) is 19.0 Å². The number of para-hydroxylation sites is 2. The maximum atomic E-state index is 12.4. The molecule has 0 saturated heterocycles. The Morgan fingerprint density at radius 1 is 1.07 bits per heavy atom. The molecule has 1 amide bonds. The lowest BCUT2D eigenvalue weighted by molar-refractivity contribution is -0.119. The number of rotatable bonds is 6. The molecule has 1 N–H and O–H groups in total. The Kier molecular flexibility index (Phi) is 5.92. The quantitative estimate of drug-likeness (QED) is 0.646. The monoisotopic (exact) mass is 394 g/mol. The van der Waals surface area contributed by atoms with Gasteiger partial charge in [0.1, 0.15) is 5.75 Å². The second-order valence-electron chi connectivity index (χ2n) is 6.54. The van der Waals surface area contributed by atoms with Gasteiger partial charge in [0.25, 0.3) is 5.91 Å². The molecule has 8 nitrogen and oxygen atoms in total. The molecule has 1 heterocycles. The van der Waals surface area contributed by atoms with Gasteiger partial charge in [-0.15, -0.1) is 5.10 Å². The summed E-state index contributed by atoms with van der Waals surface area (Å²) >= 11 is 0. The van der Waals surface area contributed by atoms with Crippen molar-refractivity contribution >= 4 is 17.6 Å². The van der Waals surface area contributed by atoms with Crippen LogP contribution in [0.3, 0.4) is 0 Å². The Morgan fingerprint density at radius 3 is 2.55 bits per heavy atom. The molecule has 0 unspecified atom stereocenters. The highest BCUT2D eigenvalue weighted by Gasteiger charge is 2.20. The molecular weight excluding hydrogens is 372 g/mol. The zero-order valence-corrected chi connectivity index (χ0v) is 16.7. The van der Waals surface area contributed by atoms with E-state index in [1.54, 1.807) is 31.2 Å². The summed E-state index contributed by atoms with van der Waals surface area (Å²) in [7, 11) is 1.51. The van der Waals surface area contributed by atoms with E-state index in [9.17, 15) is 9.59 Å². The summed E-state index contributed by atoms with van der Waals surface area (Å²) in [5.74, 6) is -0.685. The lowest BCUT2D eigenvalue weighted by Gasteiger charge is -2.09. The highest BCUT2D eigenvalue weighted by Crippen LogP contribution is 2.22. The number of benzene rings is 2. The fourth-order valence-electron chi connectivity index (χ4n) is 2.84. The number of methoxy groups -OCH3 is 1. The zero-order valence-electron chi connectivity index (χ0n) is 16.7. The first kappa shape index (κ1) is 20.1. The lowest BCUT2D eigenvalue weighted by Crippen LogP contribution is -2.21. The van der Waals surface area contributed by atoms with E-state index in [-0.39, 0.29) is 5.69 Å². The van der Waals surface area contributed by atoms with Crippen LogP contribution in [-0.4, -0.2) is 40.6 Å². The first-order valence-electron chi connectivity index (χ1n) is 9.00. The number of nitrogens with one attached hydrogen (secondary N) is 1. The number of ether oxygens (including phenoxy) is 2. The van der Waals surface area contributed by atoms with Gasteiger partial charge in [0.2, 0.25) is 0 Å². The lowest BCUT2D eigenvalue weighted by atomic mass is 10.1. The van der Waals surface area contributed by atoms with Crippen molar-refractivity contribution < 1.29 is 19.1 Å². The molecule has 1 aromatic heterocycles. The van der Waals surface area contributed by atoms with E-state index in [0.29, 0.717) is 17.1 Å². The minimum atomic E-state index is -0.714. The second kappa shape index (κ2) is 8.55. The smallest absolute Gasteiger partial charge is 0.361 e. The molecule has 3 rings (SSSR count). The van der Waals surface area contributed by atoms with Gasteiger partial charge in [-0.1, -0.05) is 29.8 Å². The second-order valence-corrected chi connectivity index (χ2v) is 6.54. The number of hydrogen-bond acceptors (Lipinski definition) is 6. The van der Waals surface area contributed by atoms with E-state index in [1.807, 2.05) is 32.0 Å². The number of aryl methyl sites for hydroxylation is 3. The largest absolute Gasteiger partial charge is 0.495 e. The highest BCUT2D eigenvalue weighted by molar-refractivity contribution is 5.96. The van der Waals surface area contributed by atoms with Crippen LogP contribution in [0.25, 0.3) is 5.69 Å². The molecule has 150 valence electrons. The average molecular weight is 394 g/mol. The molecule has 0 atom stereocenters. The van der Waals surface area contributed by atoms with Crippen molar-refractivity contribution in [2.24, 2.45) is 0 Å². The molecular formula is C21H22N4O4. The van der Waals surface area contributed by atoms with E-state index < -0.39 is 18.5 Å². The SMILES string of the molecule is COc1ccccc1NC(=O)COC(=O)c1nn(-c2ccc(C)cc2C)nc1C. The standard InChI is InChI=1S/C21H22N4O4/c1-13-9-10-17(14(2)11-13)25-23-15(3)20(24-25)21(27)29-12-19(26)22-16-7-5-6-8-18(16)28-4/h5-11H,12H2,1-4H3,(H,22,26). The minimum Gasteiger partial charge on any atom is -0.495 e. The molecule has 2 aromatic carbocycles. The van der Waals surface area contributed by atoms with Crippen LogP contribution in [0.2, 0.25) is 0 Å². The number of nitrogens with zero attached hydrogens (tertiary/aromatic N) is 3. The van der Waals surface area contributed by atoms with Crippen molar-refractivity contribution in [1.82, 2.24) is 15.0 Å². The van der Waals surface area contributed by atoms with Crippen LogP contribution in [0.15, 0.2) is 42.5 Å². The van der Waals surface area contributed by atoms with Gasteiger partial charge in [-0.05, 0) is 44.5 Å². The molecule has 3 aromatic rings. The van der Waals surface area contributed by atoms with Gasteiger partial charge >= 0.3 is 5.97 Å². The Balaban J connectivity index is 1.67. The zero-order chi connectivity index (χ0) is 21.0. The summed E-state index contributed by atoms with van der Waals surface area (Å²) in [6.07, 6.45) is 0. The molecule has 29 heavy (non-hydrogen) atoms. The summed E-state index contributed by atoms with van der Waals surface area (Å²) in [6.45, 7) is 5.16. The fourth-order valence-corrected chi connectivity index (χ4v) is 2.84. The van der Waals surface area contributed by atoms with Crippen LogP contribution in [-0.2, 0) is 9.53 Å². The normalized spacial score (nSPS) is 10.5. The third-order valence-electron chi connectivity index (χ3n) is 4.26. The first-order chi connectivity index (χ1) is 13.9. The molecule has 0 spiro atoms. The Labute approximate surface area is 168 Å². The van der Waals surface area contributed by atoms with Crippen LogP contribution < -0.4 is 10.1 Å². The third kappa shape index (κ3) is 4.60. The number of hydrogen-bond donors (Lipinski definition) is 1. The van der Waals surface area contributed by atoms with Crippen molar-refractivity contribution in [3.05, 3.63) is 65.0 Å². The number of carbonyl (C=O) groups is 2. The van der Waals surface area contributed by atoms with Gasteiger partial charge in [0.15, 0.2) is 12.3 Å². The number of esters is 1. The van der Waals surface area contributed by atoms with Gasteiger partial charge in [-0.3, -0.25) is 4.79 Å². The van der Waals surface area contributed by atoms with E-state index in [2.05, 4.69) is 15.5 Å². The molecule has 0 saturated carbocycles. The number of anilines is 1. The van der Waals surface area contributed by atoms with Crippen LogP contribution in [0, 0.1) is 20.8 Å². The van der Waals surface area contributed by atoms with E-state index in [1.165, 1.54) is 11.9 Å². The Bertz CT molecular complexity index is 1060. The molecule has 0 bridgehead atoms. The predicted molar refractivity (Wildman–Crippen MR) is 107 cm³/mol. The van der Waals surface area contributed by atoms with Crippen molar-refractivity contribution in [1.29, 1.82) is 0 Å². The molecule has 0 aliphatic heterocycles. The molecule has 0 radical (unpaired) electrons. The average Bonchev–Trinajstić information content (AvgIpc) is 3.08. The van der Waals surface area contributed by atoms with Crippen molar-refractivity contribution in [3.63, 3.8) is 0 Å². The maximum absolute atomic E-state index is 12.4. The van der Waals surface area contributed by atoms with Gasteiger partial charge in [0.05, 0.1) is 24.2 Å². The summed E-state index contributed by atoms with van der Waals surface area (Å²) in [5, 5.41) is 11.2. The number of amides is 1. The predicted octanol–water partition coefficient (Wildman–Crippen LogP) is 3.00. The van der Waals surface area contributed by atoms with E-state index in [0.717, 1.165) is 16.8 Å². The Morgan fingerprint density at radius 2 is 1.83 bits per heavy atom. The van der Waals surface area contributed by atoms with Crippen LogP contribution in [0.5, 0.6) is 5.75 Å². The van der Waals surface area contributed by atoms with Crippen LogP contribution >= 0.6 is 0 Å². The van der Waals surface area contributed by atoms with Gasteiger partial charge in [0, 0.05) is 0 Å². The van der Waals surface area contributed by atoms with Gasteiger partial charge in [-0.25, -0.2) is 4.79 Å². The number of aromatic nitrogens is 3. The summed E-state index contributed by atoms with van der Waals surface area (Å²) in [5.41, 5.74) is 3.85. The van der Waals surface area contributed by atoms with Crippen LogP contribution in [0.1, 0.15) is 27.3 Å². The van der Waals surface area contributed by atoms with E-state index >= 15 is 0 Å². The van der Waals surface area contributed by atoms with Crippen molar-refractivity contribution in [2.45, 2.75) is 20.8 Å². The van der Waals surface area contributed by atoms with Crippen molar-refractivity contribution in [3.8, 4) is 11.4 Å². The van der Waals surface area contributed by atoms with Gasteiger partial charge < -0.3 is 14.8 Å². The number of carbonyl (C=O) groups excluding carboxylic acids is 2. The fraction of sp³-hybridized carbons (Fsp3) is 0.238. The minimum absolute atomic E-state index is 0.0649. The van der Waals surface area contributed by atoms with Gasteiger partial charge in [-0.2, -0.15) is 9.90 Å². The third-order valence-corrected chi connectivity index (χ3v) is 4.26. The van der Waals surface area contributed by atoms with E-state index in [4.69, 9.17) is 9.47 Å². The molecule has 0 aliphatic rings. The topological polar surface area (TPSA) is 95.3 Å². The summed E-state index contributed by atoms with van der Waals surface area (Å²) in [6, 6.07) is 12.8. The Hall–Kier alpha value is -3.68.